The van der Waals surface area contributed by atoms with E-state index in [9.17, 15) is 4.79 Å². The van der Waals surface area contributed by atoms with Gasteiger partial charge < -0.3 is 20.7 Å². The van der Waals surface area contributed by atoms with Gasteiger partial charge in [0.25, 0.3) is 0 Å². The van der Waals surface area contributed by atoms with Crippen molar-refractivity contribution in [2.45, 2.75) is 18.9 Å². The van der Waals surface area contributed by atoms with Gasteiger partial charge in [-0.2, -0.15) is 0 Å². The third-order valence-corrected chi connectivity index (χ3v) is 3.52. The lowest BCUT2D eigenvalue weighted by Crippen LogP contribution is -2.49. The monoisotopic (exact) mass is 365 g/mol. The Morgan fingerprint density at radius 1 is 1.26 bits per heavy atom. The summed E-state index contributed by atoms with van der Waals surface area (Å²) in [4.78, 5) is 14.4. The van der Waals surface area contributed by atoms with Gasteiger partial charge in [0.15, 0.2) is 0 Å². The molecule has 0 aliphatic rings. The van der Waals surface area contributed by atoms with Crippen molar-refractivity contribution in [2.75, 3.05) is 40.4 Å². The van der Waals surface area contributed by atoms with Crippen LogP contribution in [0.5, 0.6) is 0 Å². The number of nitrogens with two attached hydrogens (primary N) is 1. The van der Waals surface area contributed by atoms with Crippen LogP contribution in [0.2, 0.25) is 0 Å². The van der Waals surface area contributed by atoms with Crippen molar-refractivity contribution in [1.29, 1.82) is 0 Å². The molecule has 23 heavy (non-hydrogen) atoms. The van der Waals surface area contributed by atoms with E-state index in [0.717, 1.165) is 31.7 Å². The molecule has 5 nitrogen and oxygen atoms in total. The highest BCUT2D eigenvalue weighted by Gasteiger charge is 2.29. The molecule has 134 valence electrons. The van der Waals surface area contributed by atoms with Gasteiger partial charge in [-0.05, 0) is 32.5 Å². The average molecular weight is 366 g/mol. The van der Waals surface area contributed by atoms with Gasteiger partial charge in [0.2, 0.25) is 5.91 Å². The minimum absolute atomic E-state index is 0. The molecule has 3 N–H and O–H groups in total. The van der Waals surface area contributed by atoms with E-state index < -0.39 is 5.54 Å². The first-order valence-electron chi connectivity index (χ1n) is 7.28. The van der Waals surface area contributed by atoms with E-state index >= 15 is 0 Å². The van der Waals surface area contributed by atoms with E-state index in [0.29, 0.717) is 6.54 Å². The number of likely N-dealkylation sites (N-methyl/N-ethyl adjacent to an activating group) is 1. The summed E-state index contributed by atoms with van der Waals surface area (Å²) in [5, 5.41) is 2.91. The molecule has 0 fully saturated rings. The Balaban J connectivity index is 0. The first-order valence-corrected chi connectivity index (χ1v) is 7.28. The molecule has 1 unspecified atom stereocenters. The number of nitrogens with one attached hydrogen (secondary N) is 1. The number of nitrogens with zero attached hydrogens (tertiary/aromatic N) is 1. The van der Waals surface area contributed by atoms with Crippen molar-refractivity contribution in [1.82, 2.24) is 10.2 Å². The minimum atomic E-state index is -0.997. The molecule has 0 radical (unpaired) electrons. The largest absolute Gasteiger partial charge is 0.383 e. The second-order valence-corrected chi connectivity index (χ2v) is 5.47. The maximum Gasteiger partial charge on any atom is 0.244 e. The lowest BCUT2D eigenvalue weighted by molar-refractivity contribution is -0.126. The van der Waals surface area contributed by atoms with Gasteiger partial charge in [0.05, 0.1) is 6.61 Å². The summed E-state index contributed by atoms with van der Waals surface area (Å²) in [5.74, 6) is -0.145. The van der Waals surface area contributed by atoms with Crippen molar-refractivity contribution < 1.29 is 9.53 Å². The molecular weight excluding hydrogens is 337 g/mol. The van der Waals surface area contributed by atoms with Gasteiger partial charge in [0, 0.05) is 20.2 Å². The molecule has 0 bridgehead atoms. The predicted octanol–water partition coefficient (Wildman–Crippen LogP) is 1.79. The number of ether oxygens (including phenoxy) is 1. The highest BCUT2D eigenvalue weighted by Crippen LogP contribution is 2.17. The Morgan fingerprint density at radius 3 is 2.43 bits per heavy atom. The lowest BCUT2D eigenvalue weighted by Gasteiger charge is -2.24. The number of amides is 1. The SMILES string of the molecule is COCCN(C)CCCNC(=O)C(C)(N)c1ccccc1.Cl.Cl. The number of rotatable bonds is 9. The molecule has 0 saturated carbocycles. The molecule has 0 spiro atoms. The maximum absolute atomic E-state index is 12.2. The van der Waals surface area contributed by atoms with E-state index in [1.54, 1.807) is 14.0 Å². The van der Waals surface area contributed by atoms with Gasteiger partial charge in [-0.25, -0.2) is 0 Å². The van der Waals surface area contributed by atoms with Crippen molar-refractivity contribution in [3.63, 3.8) is 0 Å². The third-order valence-electron chi connectivity index (χ3n) is 3.52. The molecule has 1 aromatic rings. The van der Waals surface area contributed by atoms with Crippen LogP contribution >= 0.6 is 24.8 Å². The van der Waals surface area contributed by atoms with Crippen LogP contribution in [-0.2, 0) is 15.1 Å². The summed E-state index contributed by atoms with van der Waals surface area (Å²) in [5.41, 5.74) is 5.97. The van der Waals surface area contributed by atoms with Gasteiger partial charge in [0.1, 0.15) is 5.54 Å². The topological polar surface area (TPSA) is 67.6 Å². The van der Waals surface area contributed by atoms with Crippen molar-refractivity contribution >= 4 is 30.7 Å². The highest BCUT2D eigenvalue weighted by atomic mass is 35.5. The fourth-order valence-corrected chi connectivity index (χ4v) is 2.01. The summed E-state index contributed by atoms with van der Waals surface area (Å²) in [6, 6.07) is 9.43. The van der Waals surface area contributed by atoms with Crippen LogP contribution in [0.4, 0.5) is 0 Å². The number of carbonyl (C=O) groups is 1. The van der Waals surface area contributed by atoms with Crippen LogP contribution in [0, 0.1) is 0 Å². The minimum Gasteiger partial charge on any atom is -0.383 e. The van der Waals surface area contributed by atoms with Crippen LogP contribution in [0.1, 0.15) is 18.9 Å². The fraction of sp³-hybridized carbons (Fsp3) is 0.562. The van der Waals surface area contributed by atoms with Gasteiger partial charge in [-0.3, -0.25) is 4.79 Å². The van der Waals surface area contributed by atoms with Crippen LogP contribution in [0.3, 0.4) is 0 Å². The zero-order chi connectivity index (χ0) is 15.7. The van der Waals surface area contributed by atoms with Crippen LogP contribution in [0.15, 0.2) is 30.3 Å². The summed E-state index contributed by atoms with van der Waals surface area (Å²) in [6.45, 7) is 4.88. The molecule has 1 amide bonds. The molecule has 0 aliphatic heterocycles. The number of hydrogen-bond donors (Lipinski definition) is 2. The normalized spacial score (nSPS) is 12.7. The molecule has 1 rings (SSSR count). The van der Waals surface area contributed by atoms with E-state index in [2.05, 4.69) is 10.2 Å². The number of carbonyl (C=O) groups excluding carboxylic acids is 1. The average Bonchev–Trinajstić information content (AvgIpc) is 2.50. The molecule has 1 atom stereocenters. The summed E-state index contributed by atoms with van der Waals surface area (Å²) < 4.78 is 5.02. The van der Waals surface area contributed by atoms with Crippen LogP contribution < -0.4 is 11.1 Å². The predicted molar refractivity (Wildman–Crippen MR) is 99.5 cm³/mol. The van der Waals surface area contributed by atoms with E-state index in [-0.39, 0.29) is 30.7 Å². The van der Waals surface area contributed by atoms with Crippen LogP contribution in [0.25, 0.3) is 0 Å². The molecule has 0 saturated heterocycles. The molecule has 0 aliphatic carbocycles. The Labute approximate surface area is 151 Å². The van der Waals surface area contributed by atoms with E-state index in [4.69, 9.17) is 10.5 Å². The summed E-state index contributed by atoms with van der Waals surface area (Å²) in [7, 11) is 3.73. The maximum atomic E-state index is 12.2. The number of hydrogen-bond acceptors (Lipinski definition) is 4. The van der Waals surface area contributed by atoms with Gasteiger partial charge >= 0.3 is 0 Å². The number of halogens is 2. The van der Waals surface area contributed by atoms with E-state index in [1.807, 2.05) is 37.4 Å². The first-order chi connectivity index (χ1) is 9.98. The quantitative estimate of drug-likeness (QED) is 0.654. The van der Waals surface area contributed by atoms with Gasteiger partial charge in [-0.1, -0.05) is 30.3 Å². The fourth-order valence-electron chi connectivity index (χ4n) is 2.01. The molecular formula is C16H29Cl2N3O2. The highest BCUT2D eigenvalue weighted by molar-refractivity contribution is 5.87. The van der Waals surface area contributed by atoms with Crippen LogP contribution in [-0.4, -0.2) is 51.2 Å². The Morgan fingerprint density at radius 2 is 1.87 bits per heavy atom. The summed E-state index contributed by atoms with van der Waals surface area (Å²) >= 11 is 0. The Hall–Kier alpha value is -0.850. The number of benzene rings is 1. The Bertz CT molecular complexity index is 431. The Kier molecular flexibility index (Phi) is 13.3. The van der Waals surface area contributed by atoms with E-state index in [1.165, 1.54) is 0 Å². The first kappa shape index (κ1) is 24.4. The molecule has 0 heterocycles. The van der Waals surface area contributed by atoms with Gasteiger partial charge in [-0.15, -0.1) is 24.8 Å². The molecule has 7 heteroatoms. The zero-order valence-corrected chi connectivity index (χ0v) is 15.7. The standard InChI is InChI=1S/C16H27N3O2.2ClH/c1-16(17,14-8-5-4-6-9-14)15(20)18-10-7-11-19(2)12-13-21-3;;/h4-6,8-9H,7,10-13,17H2,1-3H3,(H,18,20);2*1H. The van der Waals surface area contributed by atoms with Crippen molar-refractivity contribution in [2.24, 2.45) is 5.73 Å². The van der Waals surface area contributed by atoms with Crippen molar-refractivity contribution in [3.8, 4) is 0 Å². The third kappa shape index (κ3) is 8.53. The molecule has 1 aromatic carbocycles. The molecule has 0 aromatic heterocycles. The van der Waals surface area contributed by atoms with Crippen molar-refractivity contribution in [3.05, 3.63) is 35.9 Å². The zero-order valence-electron chi connectivity index (χ0n) is 14.1. The summed E-state index contributed by atoms with van der Waals surface area (Å²) in [6.07, 6.45) is 0.886. The number of methoxy groups -OCH3 is 1. The lowest BCUT2D eigenvalue weighted by atomic mass is 9.92. The second kappa shape index (κ2) is 12.6. The smallest absolute Gasteiger partial charge is 0.244 e. The second-order valence-electron chi connectivity index (χ2n) is 5.47.